The van der Waals surface area contributed by atoms with E-state index < -0.39 is 0 Å². The molecule has 0 bridgehead atoms. The molecule has 138 valence electrons. The van der Waals surface area contributed by atoms with Gasteiger partial charge in [0.25, 0.3) is 5.91 Å². The van der Waals surface area contributed by atoms with Gasteiger partial charge in [-0.05, 0) is 53.9 Å². The molecule has 2 N–H and O–H groups in total. The number of nitrogens with one attached hydrogen (secondary N) is 1. The Hall–Kier alpha value is -3.34. The molecule has 1 amide bonds. The van der Waals surface area contributed by atoms with Crippen LogP contribution in [-0.4, -0.2) is 23.1 Å². The van der Waals surface area contributed by atoms with Crippen LogP contribution < -0.4 is 10.1 Å². The molecule has 1 heterocycles. The zero-order valence-electron chi connectivity index (χ0n) is 15.6. The fourth-order valence-corrected chi connectivity index (χ4v) is 2.69. The lowest BCUT2D eigenvalue weighted by atomic mass is 10.0. The lowest BCUT2D eigenvalue weighted by Gasteiger charge is -2.09. The van der Waals surface area contributed by atoms with Crippen molar-refractivity contribution in [3.05, 3.63) is 71.9 Å². The summed E-state index contributed by atoms with van der Waals surface area (Å²) in [4.78, 5) is 16.8. The maximum Gasteiger partial charge on any atom is 0.257 e. The van der Waals surface area contributed by atoms with Gasteiger partial charge in [-0.1, -0.05) is 26.0 Å². The summed E-state index contributed by atoms with van der Waals surface area (Å²) in [6, 6.07) is 16.3. The first-order valence-corrected chi connectivity index (χ1v) is 8.72. The lowest BCUT2D eigenvalue weighted by molar-refractivity contribution is 0.102. The molecule has 5 heteroatoms. The maximum absolute atomic E-state index is 12.4. The Morgan fingerprint density at radius 2 is 1.81 bits per heavy atom. The van der Waals surface area contributed by atoms with Crippen LogP contribution in [0.2, 0.25) is 0 Å². The first-order chi connectivity index (χ1) is 13.0. The lowest BCUT2D eigenvalue weighted by Crippen LogP contribution is -2.12. The molecule has 1 aromatic heterocycles. The second-order valence-corrected chi connectivity index (χ2v) is 6.55. The van der Waals surface area contributed by atoms with E-state index in [9.17, 15) is 9.90 Å². The molecule has 0 fully saturated rings. The molecule has 0 saturated heterocycles. The van der Waals surface area contributed by atoms with Gasteiger partial charge in [0, 0.05) is 17.4 Å². The number of methoxy groups -OCH3 is 1. The number of aromatic hydroxyl groups is 1. The number of amides is 1. The zero-order valence-corrected chi connectivity index (χ0v) is 15.6. The van der Waals surface area contributed by atoms with Crippen LogP contribution in [0.1, 0.15) is 35.7 Å². The average Bonchev–Trinajstić information content (AvgIpc) is 2.69. The summed E-state index contributed by atoms with van der Waals surface area (Å²) in [5, 5.41) is 12.6. The van der Waals surface area contributed by atoms with Crippen LogP contribution >= 0.6 is 0 Å². The molecule has 3 rings (SSSR count). The molecule has 0 aliphatic carbocycles. The Morgan fingerprint density at radius 3 is 2.41 bits per heavy atom. The normalized spacial score (nSPS) is 10.7. The van der Waals surface area contributed by atoms with Crippen molar-refractivity contribution in [1.82, 2.24) is 4.98 Å². The minimum Gasteiger partial charge on any atom is -0.504 e. The number of hydrogen-bond acceptors (Lipinski definition) is 4. The van der Waals surface area contributed by atoms with Gasteiger partial charge < -0.3 is 15.2 Å². The predicted octanol–water partition coefficient (Wildman–Crippen LogP) is 4.84. The number of nitrogens with zero attached hydrogens (tertiary/aromatic N) is 1. The Labute approximate surface area is 158 Å². The van der Waals surface area contributed by atoms with E-state index in [0.717, 1.165) is 11.3 Å². The molecule has 0 saturated carbocycles. The third kappa shape index (κ3) is 4.26. The van der Waals surface area contributed by atoms with Gasteiger partial charge in [-0.3, -0.25) is 9.78 Å². The van der Waals surface area contributed by atoms with Crippen molar-refractivity contribution >= 4 is 11.6 Å². The molecule has 0 unspecified atom stereocenters. The minimum atomic E-state index is -0.213. The van der Waals surface area contributed by atoms with E-state index in [1.165, 1.54) is 18.9 Å². The topological polar surface area (TPSA) is 71.5 Å². The smallest absolute Gasteiger partial charge is 0.257 e. The van der Waals surface area contributed by atoms with Crippen LogP contribution in [-0.2, 0) is 0 Å². The van der Waals surface area contributed by atoms with Crippen LogP contribution in [0.4, 0.5) is 5.69 Å². The number of phenolic OH excluding ortho intramolecular Hbond substituents is 1. The Morgan fingerprint density at radius 1 is 1.07 bits per heavy atom. The average molecular weight is 362 g/mol. The summed E-state index contributed by atoms with van der Waals surface area (Å²) in [5.74, 6) is 0.682. The number of aromatic nitrogens is 1. The summed E-state index contributed by atoms with van der Waals surface area (Å²) in [7, 11) is 1.49. The summed E-state index contributed by atoms with van der Waals surface area (Å²) < 4.78 is 5.12. The Kier molecular flexibility index (Phi) is 5.41. The van der Waals surface area contributed by atoms with Crippen LogP contribution in [0, 0.1) is 0 Å². The highest BCUT2D eigenvalue weighted by molar-refractivity contribution is 6.04. The van der Waals surface area contributed by atoms with Crippen molar-refractivity contribution in [3.63, 3.8) is 0 Å². The van der Waals surface area contributed by atoms with Gasteiger partial charge in [0.2, 0.25) is 0 Å². The molecular formula is C22H22N2O3. The zero-order chi connectivity index (χ0) is 19.4. The van der Waals surface area contributed by atoms with Crippen LogP contribution in [0.3, 0.4) is 0 Å². The fourth-order valence-electron chi connectivity index (χ4n) is 2.69. The number of benzene rings is 2. The van der Waals surface area contributed by atoms with Gasteiger partial charge in [0.15, 0.2) is 11.5 Å². The number of phenols is 1. The van der Waals surface area contributed by atoms with Crippen molar-refractivity contribution in [3.8, 4) is 22.8 Å². The van der Waals surface area contributed by atoms with Crippen molar-refractivity contribution in [2.75, 3.05) is 12.4 Å². The highest BCUT2D eigenvalue weighted by Crippen LogP contribution is 2.30. The van der Waals surface area contributed by atoms with Gasteiger partial charge in [-0.15, -0.1) is 0 Å². The number of pyridine rings is 1. The van der Waals surface area contributed by atoms with Crippen LogP contribution in [0.5, 0.6) is 11.5 Å². The minimum absolute atomic E-state index is 0.0701. The highest BCUT2D eigenvalue weighted by atomic mass is 16.5. The number of anilines is 1. The monoisotopic (exact) mass is 362 g/mol. The van der Waals surface area contributed by atoms with Gasteiger partial charge in [-0.25, -0.2) is 0 Å². The molecule has 0 radical (unpaired) electrons. The summed E-state index contributed by atoms with van der Waals surface area (Å²) >= 11 is 0. The standard InChI is InChI=1S/C22H22N2O3/c1-14(2)15-4-8-18(9-5-15)24-22(26)17-6-10-19(23-13-17)16-7-11-20(25)21(12-16)27-3/h4-14,25H,1-3H3,(H,24,26). The van der Waals surface area contributed by atoms with E-state index in [1.807, 2.05) is 24.3 Å². The van der Waals surface area contributed by atoms with E-state index in [0.29, 0.717) is 22.9 Å². The molecule has 5 nitrogen and oxygen atoms in total. The molecule has 3 aromatic rings. The molecule has 27 heavy (non-hydrogen) atoms. The number of rotatable bonds is 5. The van der Waals surface area contributed by atoms with Crippen molar-refractivity contribution < 1.29 is 14.6 Å². The van der Waals surface area contributed by atoms with Gasteiger partial charge in [0.1, 0.15) is 0 Å². The molecule has 0 atom stereocenters. The third-order valence-electron chi connectivity index (χ3n) is 4.34. The summed E-state index contributed by atoms with van der Waals surface area (Å²) in [5.41, 5.74) is 3.92. The number of hydrogen-bond donors (Lipinski definition) is 2. The molecule has 2 aromatic carbocycles. The van der Waals surface area contributed by atoms with E-state index >= 15 is 0 Å². The second-order valence-electron chi connectivity index (χ2n) is 6.55. The first-order valence-electron chi connectivity index (χ1n) is 8.72. The third-order valence-corrected chi connectivity index (χ3v) is 4.34. The number of carbonyl (C=O) groups excluding carboxylic acids is 1. The fraction of sp³-hybridized carbons (Fsp3) is 0.182. The molecular weight excluding hydrogens is 340 g/mol. The van der Waals surface area contributed by atoms with Crippen molar-refractivity contribution in [2.24, 2.45) is 0 Å². The maximum atomic E-state index is 12.4. The van der Waals surface area contributed by atoms with Crippen LogP contribution in [0.25, 0.3) is 11.3 Å². The van der Waals surface area contributed by atoms with Gasteiger partial charge in [-0.2, -0.15) is 0 Å². The Bertz CT molecular complexity index is 933. The Balaban J connectivity index is 1.73. The van der Waals surface area contributed by atoms with Gasteiger partial charge in [0.05, 0.1) is 18.4 Å². The molecule has 0 aliphatic heterocycles. The largest absolute Gasteiger partial charge is 0.504 e. The molecule has 0 aliphatic rings. The van der Waals surface area contributed by atoms with E-state index in [-0.39, 0.29) is 11.7 Å². The van der Waals surface area contributed by atoms with Gasteiger partial charge >= 0.3 is 0 Å². The summed E-state index contributed by atoms with van der Waals surface area (Å²) in [6.07, 6.45) is 1.53. The van der Waals surface area contributed by atoms with Crippen molar-refractivity contribution in [2.45, 2.75) is 19.8 Å². The number of ether oxygens (including phenoxy) is 1. The van der Waals surface area contributed by atoms with E-state index in [4.69, 9.17) is 4.74 Å². The van der Waals surface area contributed by atoms with Crippen molar-refractivity contribution in [1.29, 1.82) is 0 Å². The van der Waals surface area contributed by atoms with E-state index in [2.05, 4.69) is 24.1 Å². The summed E-state index contributed by atoms with van der Waals surface area (Å²) in [6.45, 7) is 4.26. The highest BCUT2D eigenvalue weighted by Gasteiger charge is 2.10. The quantitative estimate of drug-likeness (QED) is 0.681. The number of carbonyl (C=O) groups is 1. The molecule has 0 spiro atoms. The van der Waals surface area contributed by atoms with Crippen LogP contribution in [0.15, 0.2) is 60.8 Å². The van der Waals surface area contributed by atoms with E-state index in [1.54, 1.807) is 30.3 Å². The predicted molar refractivity (Wildman–Crippen MR) is 106 cm³/mol. The SMILES string of the molecule is COc1cc(-c2ccc(C(=O)Nc3ccc(C(C)C)cc3)cn2)ccc1O. The first kappa shape index (κ1) is 18.5. The second kappa shape index (κ2) is 7.91.